The maximum absolute atomic E-state index is 11.9. The summed E-state index contributed by atoms with van der Waals surface area (Å²) >= 11 is 0. The van der Waals surface area contributed by atoms with Gasteiger partial charge in [0.2, 0.25) is 5.91 Å². The van der Waals surface area contributed by atoms with Crippen molar-refractivity contribution in [2.75, 3.05) is 12.4 Å². The maximum Gasteiger partial charge on any atom is 0.241 e. The minimum absolute atomic E-state index is 0.147. The van der Waals surface area contributed by atoms with Crippen LogP contribution in [0.1, 0.15) is 30.9 Å². The fourth-order valence-corrected chi connectivity index (χ4v) is 1.94. The van der Waals surface area contributed by atoms with Crippen LogP contribution in [-0.2, 0) is 4.79 Å². The summed E-state index contributed by atoms with van der Waals surface area (Å²) in [6.45, 7) is 5.90. The molecule has 1 aromatic carbocycles. The first-order chi connectivity index (χ1) is 8.51. The van der Waals surface area contributed by atoms with Crippen molar-refractivity contribution < 1.29 is 9.53 Å². The van der Waals surface area contributed by atoms with E-state index in [0.717, 1.165) is 29.0 Å². The van der Waals surface area contributed by atoms with Gasteiger partial charge in [-0.3, -0.25) is 4.79 Å². The Kier molecular flexibility index (Phi) is 5.16. The number of hydrogen-bond acceptors (Lipinski definition) is 3. The second-order valence-electron chi connectivity index (χ2n) is 4.47. The standard InChI is InChI=1S/C14H22N2O2/c1-5-6-11(15)14(17)16-12-8-7-9(2)13(18-4)10(12)3/h7-8,11H,5-6,15H2,1-4H3,(H,16,17)/t11-/m0/s1. The molecule has 3 N–H and O–H groups in total. The van der Waals surface area contributed by atoms with E-state index < -0.39 is 6.04 Å². The van der Waals surface area contributed by atoms with Crippen LogP contribution >= 0.6 is 0 Å². The molecule has 18 heavy (non-hydrogen) atoms. The normalized spacial score (nSPS) is 12.1. The van der Waals surface area contributed by atoms with Gasteiger partial charge in [0.15, 0.2) is 0 Å². The smallest absolute Gasteiger partial charge is 0.241 e. The summed E-state index contributed by atoms with van der Waals surface area (Å²) in [6, 6.07) is 3.35. The molecular weight excluding hydrogens is 228 g/mol. The molecule has 0 fully saturated rings. The number of nitrogens with one attached hydrogen (secondary N) is 1. The predicted molar refractivity (Wildman–Crippen MR) is 74.0 cm³/mol. The Morgan fingerprint density at radius 1 is 1.44 bits per heavy atom. The molecule has 0 aliphatic carbocycles. The van der Waals surface area contributed by atoms with Crippen molar-refractivity contribution in [1.29, 1.82) is 0 Å². The third-order valence-corrected chi connectivity index (χ3v) is 3.00. The summed E-state index contributed by atoms with van der Waals surface area (Å²) in [4.78, 5) is 11.9. The molecule has 0 radical (unpaired) electrons. The molecule has 0 aliphatic rings. The zero-order chi connectivity index (χ0) is 13.7. The van der Waals surface area contributed by atoms with Crippen molar-refractivity contribution in [2.24, 2.45) is 5.73 Å². The number of ether oxygens (including phenoxy) is 1. The van der Waals surface area contributed by atoms with Gasteiger partial charge in [-0.1, -0.05) is 19.4 Å². The van der Waals surface area contributed by atoms with Gasteiger partial charge < -0.3 is 15.8 Å². The van der Waals surface area contributed by atoms with E-state index in [1.165, 1.54) is 0 Å². The molecule has 1 amide bonds. The topological polar surface area (TPSA) is 64.4 Å². The van der Waals surface area contributed by atoms with Crippen LogP contribution in [0.15, 0.2) is 12.1 Å². The molecule has 0 saturated heterocycles. The van der Waals surface area contributed by atoms with Crippen molar-refractivity contribution in [3.8, 4) is 5.75 Å². The molecule has 0 heterocycles. The Hall–Kier alpha value is -1.55. The monoisotopic (exact) mass is 250 g/mol. The average molecular weight is 250 g/mol. The third kappa shape index (κ3) is 3.23. The van der Waals surface area contributed by atoms with Gasteiger partial charge in [0.05, 0.1) is 13.2 Å². The van der Waals surface area contributed by atoms with Crippen molar-refractivity contribution in [1.82, 2.24) is 0 Å². The first-order valence-electron chi connectivity index (χ1n) is 6.21. The Balaban J connectivity index is 2.89. The number of aryl methyl sites for hydroxylation is 1. The first kappa shape index (κ1) is 14.5. The van der Waals surface area contributed by atoms with Crippen LogP contribution in [0, 0.1) is 13.8 Å². The first-order valence-corrected chi connectivity index (χ1v) is 6.21. The number of carbonyl (C=O) groups is 1. The molecule has 1 rings (SSSR count). The van der Waals surface area contributed by atoms with Gasteiger partial charge in [0.25, 0.3) is 0 Å². The maximum atomic E-state index is 11.9. The van der Waals surface area contributed by atoms with Gasteiger partial charge in [-0.2, -0.15) is 0 Å². The number of amides is 1. The summed E-state index contributed by atoms with van der Waals surface area (Å²) < 4.78 is 5.32. The molecule has 0 aliphatic heterocycles. The van der Waals surface area contributed by atoms with Crippen LogP contribution in [0.4, 0.5) is 5.69 Å². The lowest BCUT2D eigenvalue weighted by Gasteiger charge is -2.16. The van der Waals surface area contributed by atoms with Crippen LogP contribution in [0.3, 0.4) is 0 Å². The van der Waals surface area contributed by atoms with Crippen molar-refractivity contribution >= 4 is 11.6 Å². The summed E-state index contributed by atoms with van der Waals surface area (Å²) in [6.07, 6.45) is 1.58. The molecular formula is C14H22N2O2. The molecule has 0 spiro atoms. The largest absolute Gasteiger partial charge is 0.496 e. The number of methoxy groups -OCH3 is 1. The van der Waals surface area contributed by atoms with Crippen molar-refractivity contribution in [3.05, 3.63) is 23.3 Å². The molecule has 1 aromatic rings. The molecule has 0 unspecified atom stereocenters. The van der Waals surface area contributed by atoms with E-state index in [9.17, 15) is 4.79 Å². The fourth-order valence-electron chi connectivity index (χ4n) is 1.94. The van der Waals surface area contributed by atoms with Crippen LogP contribution < -0.4 is 15.8 Å². The van der Waals surface area contributed by atoms with Crippen molar-refractivity contribution in [2.45, 2.75) is 39.7 Å². The van der Waals surface area contributed by atoms with Gasteiger partial charge >= 0.3 is 0 Å². The highest BCUT2D eigenvalue weighted by Gasteiger charge is 2.15. The van der Waals surface area contributed by atoms with Crippen LogP contribution in [0.5, 0.6) is 5.75 Å². The highest BCUT2D eigenvalue weighted by Crippen LogP contribution is 2.29. The van der Waals surface area contributed by atoms with Crippen LogP contribution in [-0.4, -0.2) is 19.1 Å². The van der Waals surface area contributed by atoms with E-state index in [1.54, 1.807) is 7.11 Å². The van der Waals surface area contributed by atoms with E-state index in [4.69, 9.17) is 10.5 Å². The van der Waals surface area contributed by atoms with E-state index in [-0.39, 0.29) is 5.91 Å². The van der Waals surface area contributed by atoms with Crippen LogP contribution in [0.2, 0.25) is 0 Å². The number of carbonyl (C=O) groups excluding carboxylic acids is 1. The highest BCUT2D eigenvalue weighted by atomic mass is 16.5. The fraction of sp³-hybridized carbons (Fsp3) is 0.500. The number of benzene rings is 1. The zero-order valence-electron chi connectivity index (χ0n) is 11.5. The molecule has 4 heteroatoms. The Labute approximate surface area is 109 Å². The summed E-state index contributed by atoms with van der Waals surface area (Å²) in [5.74, 6) is 0.655. The minimum Gasteiger partial charge on any atom is -0.496 e. The predicted octanol–water partition coefficient (Wildman–Crippen LogP) is 2.38. The van der Waals surface area contributed by atoms with Gasteiger partial charge in [0, 0.05) is 11.3 Å². The Morgan fingerprint density at radius 3 is 2.67 bits per heavy atom. The molecule has 0 aromatic heterocycles. The van der Waals surface area contributed by atoms with Crippen LogP contribution in [0.25, 0.3) is 0 Å². The molecule has 100 valence electrons. The Bertz CT molecular complexity index is 430. The lowest BCUT2D eigenvalue weighted by molar-refractivity contribution is -0.117. The average Bonchev–Trinajstić information content (AvgIpc) is 2.33. The third-order valence-electron chi connectivity index (χ3n) is 3.00. The minimum atomic E-state index is -0.457. The van der Waals surface area contributed by atoms with Gasteiger partial charge in [-0.25, -0.2) is 0 Å². The number of nitrogens with two attached hydrogens (primary N) is 1. The van der Waals surface area contributed by atoms with E-state index in [2.05, 4.69) is 5.32 Å². The highest BCUT2D eigenvalue weighted by molar-refractivity contribution is 5.95. The quantitative estimate of drug-likeness (QED) is 0.843. The number of anilines is 1. The van der Waals surface area contributed by atoms with Crippen molar-refractivity contribution in [3.63, 3.8) is 0 Å². The lowest BCUT2D eigenvalue weighted by atomic mass is 10.1. The summed E-state index contributed by atoms with van der Waals surface area (Å²) in [7, 11) is 1.63. The molecule has 0 bridgehead atoms. The lowest BCUT2D eigenvalue weighted by Crippen LogP contribution is -2.35. The SMILES string of the molecule is CCC[C@H](N)C(=O)Nc1ccc(C)c(OC)c1C. The summed E-state index contributed by atoms with van der Waals surface area (Å²) in [5, 5.41) is 2.85. The van der Waals surface area contributed by atoms with Gasteiger partial charge in [-0.15, -0.1) is 0 Å². The Morgan fingerprint density at radius 2 is 2.11 bits per heavy atom. The van der Waals surface area contributed by atoms with E-state index in [0.29, 0.717) is 6.42 Å². The second-order valence-corrected chi connectivity index (χ2v) is 4.47. The molecule has 1 atom stereocenters. The number of hydrogen-bond donors (Lipinski definition) is 2. The van der Waals surface area contributed by atoms with Gasteiger partial charge in [-0.05, 0) is 31.9 Å². The number of rotatable bonds is 5. The zero-order valence-corrected chi connectivity index (χ0v) is 11.5. The van der Waals surface area contributed by atoms with E-state index >= 15 is 0 Å². The molecule has 4 nitrogen and oxygen atoms in total. The second kappa shape index (κ2) is 6.40. The molecule has 0 saturated carbocycles. The van der Waals surface area contributed by atoms with Gasteiger partial charge in [0.1, 0.15) is 5.75 Å². The summed E-state index contributed by atoms with van der Waals surface area (Å²) in [5.41, 5.74) is 8.51. The van der Waals surface area contributed by atoms with E-state index in [1.807, 2.05) is 32.9 Å².